The number of aromatic nitrogens is 1. The molecule has 0 atom stereocenters. The largest absolute Gasteiger partial charge is 0.469 e. The van der Waals surface area contributed by atoms with Gasteiger partial charge in [0.25, 0.3) is 0 Å². The molecule has 0 saturated carbocycles. The van der Waals surface area contributed by atoms with E-state index in [1.54, 1.807) is 11.3 Å². The number of rotatable bonds is 6. The van der Waals surface area contributed by atoms with E-state index in [2.05, 4.69) is 32.1 Å². The van der Waals surface area contributed by atoms with Crippen LogP contribution in [0.1, 0.15) is 12.1 Å². The predicted octanol–water partition coefficient (Wildman–Crippen LogP) is 2.81. The van der Waals surface area contributed by atoms with Crippen molar-refractivity contribution in [2.45, 2.75) is 13.0 Å². The third-order valence-corrected chi connectivity index (χ3v) is 3.87. The number of ether oxygens (including phenoxy) is 1. The second kappa shape index (κ2) is 7.17. The molecule has 0 aliphatic carbocycles. The normalized spacial score (nSPS) is 10.8. The van der Waals surface area contributed by atoms with Gasteiger partial charge in [0.1, 0.15) is 5.01 Å². The summed E-state index contributed by atoms with van der Waals surface area (Å²) in [6.07, 6.45) is 0.405. The summed E-state index contributed by atoms with van der Waals surface area (Å²) in [7, 11) is 3.39. The monoisotopic (exact) mass is 290 g/mol. The topological polar surface area (TPSA) is 42.4 Å². The Morgan fingerprint density at radius 2 is 2.10 bits per heavy atom. The second-order valence-corrected chi connectivity index (χ2v) is 5.43. The first-order chi connectivity index (χ1) is 9.69. The molecule has 0 saturated heterocycles. The highest BCUT2D eigenvalue weighted by molar-refractivity contribution is 7.13. The standard InChI is InChI=1S/C15H18N2O2S/c1-17(9-8-14(18)19-2)10-13-11-20-15(16-13)12-6-4-3-5-7-12/h3-7,11H,8-10H2,1-2H3. The molecular formula is C15H18N2O2S. The summed E-state index contributed by atoms with van der Waals surface area (Å²) >= 11 is 1.64. The highest BCUT2D eigenvalue weighted by Gasteiger charge is 2.08. The van der Waals surface area contributed by atoms with Gasteiger partial charge in [0.05, 0.1) is 19.2 Å². The van der Waals surface area contributed by atoms with Crippen molar-refractivity contribution < 1.29 is 9.53 Å². The van der Waals surface area contributed by atoms with Crippen LogP contribution in [-0.4, -0.2) is 36.6 Å². The van der Waals surface area contributed by atoms with Crippen LogP contribution in [0.3, 0.4) is 0 Å². The summed E-state index contributed by atoms with van der Waals surface area (Å²) in [5.74, 6) is -0.180. The fourth-order valence-electron chi connectivity index (χ4n) is 1.83. The number of esters is 1. The minimum absolute atomic E-state index is 0.180. The van der Waals surface area contributed by atoms with E-state index in [0.29, 0.717) is 13.0 Å². The first-order valence-electron chi connectivity index (χ1n) is 6.44. The number of carbonyl (C=O) groups excluding carboxylic acids is 1. The van der Waals surface area contributed by atoms with Crippen LogP contribution >= 0.6 is 11.3 Å². The van der Waals surface area contributed by atoms with E-state index in [1.807, 2.05) is 25.2 Å². The molecule has 4 nitrogen and oxygen atoms in total. The minimum Gasteiger partial charge on any atom is -0.469 e. The average molecular weight is 290 g/mol. The third kappa shape index (κ3) is 4.15. The molecule has 0 unspecified atom stereocenters. The van der Waals surface area contributed by atoms with Crippen molar-refractivity contribution in [2.24, 2.45) is 0 Å². The zero-order chi connectivity index (χ0) is 14.4. The maximum absolute atomic E-state index is 11.1. The van der Waals surface area contributed by atoms with Gasteiger partial charge in [-0.05, 0) is 7.05 Å². The molecule has 20 heavy (non-hydrogen) atoms. The van der Waals surface area contributed by atoms with Crippen molar-refractivity contribution in [2.75, 3.05) is 20.7 Å². The number of nitrogens with zero attached hydrogens (tertiary/aromatic N) is 2. The first-order valence-corrected chi connectivity index (χ1v) is 7.32. The van der Waals surface area contributed by atoms with Crippen LogP contribution in [0.5, 0.6) is 0 Å². The maximum Gasteiger partial charge on any atom is 0.306 e. The first kappa shape index (κ1) is 14.7. The van der Waals surface area contributed by atoms with E-state index in [0.717, 1.165) is 22.8 Å². The third-order valence-electron chi connectivity index (χ3n) is 2.93. The predicted molar refractivity (Wildman–Crippen MR) is 80.5 cm³/mol. The molecule has 0 amide bonds. The highest BCUT2D eigenvalue weighted by Crippen LogP contribution is 2.23. The molecule has 0 bridgehead atoms. The molecule has 2 rings (SSSR count). The van der Waals surface area contributed by atoms with E-state index in [-0.39, 0.29) is 5.97 Å². The van der Waals surface area contributed by atoms with Crippen molar-refractivity contribution in [3.63, 3.8) is 0 Å². The van der Waals surface area contributed by atoms with Crippen molar-refractivity contribution in [3.05, 3.63) is 41.4 Å². The fourth-order valence-corrected chi connectivity index (χ4v) is 2.65. The molecule has 1 aromatic heterocycles. The smallest absolute Gasteiger partial charge is 0.306 e. The number of benzene rings is 1. The molecule has 0 N–H and O–H groups in total. The Labute approximate surface area is 123 Å². The van der Waals surface area contributed by atoms with Gasteiger partial charge in [-0.3, -0.25) is 9.69 Å². The average Bonchev–Trinajstić information content (AvgIpc) is 2.94. The van der Waals surface area contributed by atoms with Gasteiger partial charge in [-0.2, -0.15) is 0 Å². The Morgan fingerprint density at radius 1 is 1.35 bits per heavy atom. The Morgan fingerprint density at radius 3 is 2.80 bits per heavy atom. The van der Waals surface area contributed by atoms with Crippen molar-refractivity contribution in [1.29, 1.82) is 0 Å². The summed E-state index contributed by atoms with van der Waals surface area (Å²) in [6.45, 7) is 1.41. The lowest BCUT2D eigenvalue weighted by atomic mass is 10.2. The van der Waals surface area contributed by atoms with E-state index in [4.69, 9.17) is 0 Å². The quantitative estimate of drug-likeness (QED) is 0.767. The number of hydrogen-bond donors (Lipinski definition) is 0. The van der Waals surface area contributed by atoms with Crippen LogP contribution in [0.25, 0.3) is 10.6 Å². The zero-order valence-electron chi connectivity index (χ0n) is 11.7. The number of methoxy groups -OCH3 is 1. The molecule has 0 aliphatic rings. The number of hydrogen-bond acceptors (Lipinski definition) is 5. The van der Waals surface area contributed by atoms with Crippen LogP contribution in [0.2, 0.25) is 0 Å². The van der Waals surface area contributed by atoms with Gasteiger partial charge in [0.2, 0.25) is 0 Å². The highest BCUT2D eigenvalue weighted by atomic mass is 32.1. The lowest BCUT2D eigenvalue weighted by Gasteiger charge is -2.13. The summed E-state index contributed by atoms with van der Waals surface area (Å²) in [5, 5.41) is 3.10. The van der Waals surface area contributed by atoms with Gasteiger partial charge in [-0.15, -0.1) is 11.3 Å². The van der Waals surface area contributed by atoms with Crippen LogP contribution in [0.4, 0.5) is 0 Å². The van der Waals surface area contributed by atoms with Gasteiger partial charge >= 0.3 is 5.97 Å². The fraction of sp³-hybridized carbons (Fsp3) is 0.333. The van der Waals surface area contributed by atoms with E-state index >= 15 is 0 Å². The second-order valence-electron chi connectivity index (χ2n) is 4.57. The molecule has 0 aliphatic heterocycles. The van der Waals surface area contributed by atoms with Crippen LogP contribution in [0, 0.1) is 0 Å². The molecule has 1 aromatic carbocycles. The summed E-state index contributed by atoms with van der Waals surface area (Å²) in [4.78, 5) is 17.8. The summed E-state index contributed by atoms with van der Waals surface area (Å²) < 4.78 is 4.63. The Balaban J connectivity index is 1.91. The van der Waals surface area contributed by atoms with Gasteiger partial charge in [0, 0.05) is 24.0 Å². The molecular weight excluding hydrogens is 272 g/mol. The Bertz CT molecular complexity index is 554. The number of carbonyl (C=O) groups is 1. The SMILES string of the molecule is COC(=O)CCN(C)Cc1csc(-c2ccccc2)n1. The van der Waals surface area contributed by atoms with Crippen LogP contribution < -0.4 is 0 Å². The molecule has 106 valence electrons. The van der Waals surface area contributed by atoms with Gasteiger partial charge in [-0.1, -0.05) is 30.3 Å². The van der Waals surface area contributed by atoms with Crippen LogP contribution in [-0.2, 0) is 16.1 Å². The van der Waals surface area contributed by atoms with E-state index in [1.165, 1.54) is 7.11 Å². The van der Waals surface area contributed by atoms with Gasteiger partial charge in [0.15, 0.2) is 0 Å². The van der Waals surface area contributed by atoms with Crippen molar-refractivity contribution >= 4 is 17.3 Å². The van der Waals surface area contributed by atoms with Crippen LogP contribution in [0.15, 0.2) is 35.7 Å². The minimum atomic E-state index is -0.180. The molecule has 5 heteroatoms. The summed E-state index contributed by atoms with van der Waals surface area (Å²) in [6, 6.07) is 10.1. The molecule has 0 radical (unpaired) electrons. The Hall–Kier alpha value is -1.72. The zero-order valence-corrected chi connectivity index (χ0v) is 12.5. The molecule has 0 fully saturated rings. The lowest BCUT2D eigenvalue weighted by Crippen LogP contribution is -2.22. The molecule has 2 aromatic rings. The van der Waals surface area contributed by atoms with Crippen molar-refractivity contribution in [3.8, 4) is 10.6 Å². The molecule has 0 spiro atoms. The molecule has 1 heterocycles. The van der Waals surface area contributed by atoms with E-state index < -0.39 is 0 Å². The van der Waals surface area contributed by atoms with Gasteiger partial charge < -0.3 is 4.74 Å². The van der Waals surface area contributed by atoms with Crippen molar-refractivity contribution in [1.82, 2.24) is 9.88 Å². The number of thiazole rings is 1. The summed E-state index contributed by atoms with van der Waals surface area (Å²) in [5.41, 5.74) is 2.17. The maximum atomic E-state index is 11.1. The Kier molecular flexibility index (Phi) is 5.26. The van der Waals surface area contributed by atoms with E-state index in [9.17, 15) is 4.79 Å². The lowest BCUT2D eigenvalue weighted by molar-refractivity contribution is -0.140. The van der Waals surface area contributed by atoms with Gasteiger partial charge in [-0.25, -0.2) is 4.98 Å².